The van der Waals surface area contributed by atoms with E-state index in [1.807, 2.05) is 30.3 Å². The Morgan fingerprint density at radius 1 is 1.40 bits per heavy atom. The van der Waals surface area contributed by atoms with Crippen molar-refractivity contribution >= 4 is 17.6 Å². The lowest BCUT2D eigenvalue weighted by molar-refractivity contribution is -0.127. The van der Waals surface area contributed by atoms with Crippen molar-refractivity contribution in [2.75, 3.05) is 18.0 Å². The zero-order valence-corrected chi connectivity index (χ0v) is 11.1. The molecule has 20 heavy (non-hydrogen) atoms. The van der Waals surface area contributed by atoms with Gasteiger partial charge in [0.1, 0.15) is 0 Å². The van der Waals surface area contributed by atoms with Crippen molar-refractivity contribution in [3.63, 3.8) is 0 Å². The molecule has 0 aliphatic carbocycles. The van der Waals surface area contributed by atoms with E-state index in [9.17, 15) is 9.59 Å². The van der Waals surface area contributed by atoms with E-state index in [0.717, 1.165) is 5.69 Å². The van der Waals surface area contributed by atoms with Gasteiger partial charge in [-0.25, -0.2) is 4.79 Å². The van der Waals surface area contributed by atoms with Crippen LogP contribution in [0.15, 0.2) is 35.4 Å². The van der Waals surface area contributed by atoms with Gasteiger partial charge in [0.2, 0.25) is 5.91 Å². The number of carbonyl (C=O) groups is 2. The van der Waals surface area contributed by atoms with E-state index >= 15 is 0 Å². The molecule has 3 amide bonds. The van der Waals surface area contributed by atoms with Gasteiger partial charge in [0, 0.05) is 36.2 Å². The van der Waals surface area contributed by atoms with Crippen molar-refractivity contribution in [2.24, 2.45) is 5.11 Å². The summed E-state index contributed by atoms with van der Waals surface area (Å²) in [6.07, 6.45) is 0.0401. The van der Waals surface area contributed by atoms with Crippen molar-refractivity contribution in [1.29, 1.82) is 0 Å². The van der Waals surface area contributed by atoms with E-state index in [2.05, 4.69) is 10.0 Å². The molecule has 0 spiro atoms. The van der Waals surface area contributed by atoms with Crippen molar-refractivity contribution in [1.82, 2.24) is 4.90 Å². The van der Waals surface area contributed by atoms with Crippen LogP contribution in [0.1, 0.15) is 13.3 Å². The van der Waals surface area contributed by atoms with E-state index in [1.165, 1.54) is 4.90 Å². The monoisotopic (exact) mass is 273 g/mol. The average Bonchev–Trinajstić information content (AvgIpc) is 2.82. The molecule has 0 saturated carbocycles. The molecule has 1 aromatic carbocycles. The molecule has 104 valence electrons. The number of carbonyl (C=O) groups excluding carboxylic acids is 2. The number of nitrogens with zero attached hydrogens (tertiary/aromatic N) is 5. The zero-order valence-electron chi connectivity index (χ0n) is 11.1. The molecule has 1 heterocycles. The number of urea groups is 1. The Kier molecular flexibility index (Phi) is 4.22. The summed E-state index contributed by atoms with van der Waals surface area (Å²) in [5.74, 6) is -0.312. The number of amides is 3. The molecular formula is C13H15N5O2. The standard InChI is InChI=1S/C13H15N5O2/c1-10(15-16-14)9-12(19)18-8-7-17(13(18)20)11-5-3-2-4-6-11/h2-6,10H,7-9H2,1H3. The lowest BCUT2D eigenvalue weighted by Gasteiger charge is -2.18. The van der Waals surface area contributed by atoms with Crippen LogP contribution < -0.4 is 4.90 Å². The highest BCUT2D eigenvalue weighted by atomic mass is 16.2. The molecular weight excluding hydrogens is 258 g/mol. The van der Waals surface area contributed by atoms with Gasteiger partial charge in [-0.15, -0.1) is 0 Å². The average molecular weight is 273 g/mol. The predicted octanol–water partition coefficient (Wildman–Crippen LogP) is 2.54. The zero-order chi connectivity index (χ0) is 14.5. The number of imide groups is 1. The number of rotatable bonds is 4. The number of azide groups is 1. The van der Waals surface area contributed by atoms with Crippen LogP contribution in [0, 0.1) is 0 Å². The van der Waals surface area contributed by atoms with E-state index in [0.29, 0.717) is 13.1 Å². The second-order valence-corrected chi connectivity index (χ2v) is 4.57. The minimum atomic E-state index is -0.453. The minimum Gasteiger partial charge on any atom is -0.292 e. The minimum absolute atomic E-state index is 0.0401. The molecule has 7 nitrogen and oxygen atoms in total. The van der Waals surface area contributed by atoms with E-state index in [1.54, 1.807) is 11.8 Å². The number of benzene rings is 1. The number of para-hydroxylation sites is 1. The van der Waals surface area contributed by atoms with Crippen molar-refractivity contribution < 1.29 is 9.59 Å². The highest BCUT2D eigenvalue weighted by Crippen LogP contribution is 2.20. The van der Waals surface area contributed by atoms with Crippen LogP contribution in [0.25, 0.3) is 10.4 Å². The van der Waals surface area contributed by atoms with Crippen LogP contribution in [0.3, 0.4) is 0 Å². The van der Waals surface area contributed by atoms with Gasteiger partial charge in [0.05, 0.1) is 0 Å². The quantitative estimate of drug-likeness (QED) is 0.479. The maximum Gasteiger partial charge on any atom is 0.331 e. The maximum absolute atomic E-state index is 12.2. The third kappa shape index (κ3) is 2.89. The SMILES string of the molecule is CC(CC(=O)N1CCN(c2ccccc2)C1=O)N=[N+]=[N-]. The van der Waals surface area contributed by atoms with Crippen LogP contribution in [0.2, 0.25) is 0 Å². The summed E-state index contributed by atoms with van der Waals surface area (Å²) < 4.78 is 0. The Morgan fingerprint density at radius 2 is 2.10 bits per heavy atom. The van der Waals surface area contributed by atoms with Crippen molar-refractivity contribution in [3.05, 3.63) is 40.8 Å². The Balaban J connectivity index is 2.04. The Hall–Kier alpha value is -2.53. The molecule has 1 aromatic rings. The molecule has 1 atom stereocenters. The summed E-state index contributed by atoms with van der Waals surface area (Å²) >= 11 is 0. The predicted molar refractivity (Wildman–Crippen MR) is 74.1 cm³/mol. The molecule has 7 heteroatoms. The lowest BCUT2D eigenvalue weighted by atomic mass is 10.2. The third-order valence-electron chi connectivity index (χ3n) is 3.10. The second kappa shape index (κ2) is 6.08. The first kappa shape index (κ1) is 13.9. The second-order valence-electron chi connectivity index (χ2n) is 4.57. The molecule has 1 fully saturated rings. The molecule has 0 aromatic heterocycles. The number of anilines is 1. The van der Waals surface area contributed by atoms with Crippen LogP contribution >= 0.6 is 0 Å². The van der Waals surface area contributed by atoms with E-state index in [-0.39, 0.29) is 18.4 Å². The van der Waals surface area contributed by atoms with Gasteiger partial charge in [-0.1, -0.05) is 30.2 Å². The van der Waals surface area contributed by atoms with Gasteiger partial charge >= 0.3 is 6.03 Å². The fourth-order valence-electron chi connectivity index (χ4n) is 2.11. The van der Waals surface area contributed by atoms with Crippen molar-refractivity contribution in [2.45, 2.75) is 19.4 Å². The molecule has 0 radical (unpaired) electrons. The molecule has 1 saturated heterocycles. The fraction of sp³-hybridized carbons (Fsp3) is 0.385. The Bertz CT molecular complexity index is 553. The van der Waals surface area contributed by atoms with Gasteiger partial charge < -0.3 is 0 Å². The van der Waals surface area contributed by atoms with E-state index < -0.39 is 6.04 Å². The molecule has 1 aliphatic heterocycles. The number of hydrogen-bond acceptors (Lipinski definition) is 3. The highest BCUT2D eigenvalue weighted by molar-refractivity contribution is 6.04. The summed E-state index contributed by atoms with van der Waals surface area (Å²) in [6.45, 7) is 2.48. The first-order valence-electron chi connectivity index (χ1n) is 6.34. The van der Waals surface area contributed by atoms with Gasteiger partial charge in [0.15, 0.2) is 0 Å². The molecule has 1 aliphatic rings. The summed E-state index contributed by atoms with van der Waals surface area (Å²) in [4.78, 5) is 29.7. The fourth-order valence-corrected chi connectivity index (χ4v) is 2.11. The van der Waals surface area contributed by atoms with Crippen LogP contribution in [-0.2, 0) is 4.79 Å². The summed E-state index contributed by atoms with van der Waals surface area (Å²) in [6, 6.07) is 8.44. The smallest absolute Gasteiger partial charge is 0.292 e. The molecule has 0 bridgehead atoms. The highest BCUT2D eigenvalue weighted by Gasteiger charge is 2.33. The summed E-state index contributed by atoms with van der Waals surface area (Å²) in [5, 5.41) is 3.45. The Labute approximate surface area is 116 Å². The van der Waals surface area contributed by atoms with Gasteiger partial charge in [-0.05, 0) is 17.7 Å². The normalized spacial score (nSPS) is 15.9. The largest absolute Gasteiger partial charge is 0.331 e. The first-order valence-corrected chi connectivity index (χ1v) is 6.34. The van der Waals surface area contributed by atoms with E-state index in [4.69, 9.17) is 5.53 Å². The summed E-state index contributed by atoms with van der Waals surface area (Å²) in [5.41, 5.74) is 9.09. The summed E-state index contributed by atoms with van der Waals surface area (Å²) in [7, 11) is 0. The van der Waals surface area contributed by atoms with Crippen LogP contribution in [-0.4, -0.2) is 36.0 Å². The van der Waals surface area contributed by atoms with Gasteiger partial charge in [-0.3, -0.25) is 14.6 Å². The van der Waals surface area contributed by atoms with Crippen molar-refractivity contribution in [3.8, 4) is 0 Å². The van der Waals surface area contributed by atoms with Gasteiger partial charge in [0.25, 0.3) is 0 Å². The number of hydrogen-bond donors (Lipinski definition) is 0. The molecule has 1 unspecified atom stereocenters. The van der Waals surface area contributed by atoms with Crippen LogP contribution in [0.5, 0.6) is 0 Å². The maximum atomic E-state index is 12.2. The molecule has 0 N–H and O–H groups in total. The van der Waals surface area contributed by atoms with Crippen LogP contribution in [0.4, 0.5) is 10.5 Å². The topological polar surface area (TPSA) is 89.4 Å². The third-order valence-corrected chi connectivity index (χ3v) is 3.10. The lowest BCUT2D eigenvalue weighted by Crippen LogP contribution is -2.37. The Morgan fingerprint density at radius 3 is 2.75 bits per heavy atom. The molecule has 2 rings (SSSR count). The first-order chi connectivity index (χ1) is 9.63. The van der Waals surface area contributed by atoms with Gasteiger partial charge in [-0.2, -0.15) is 0 Å².